The number of benzene rings is 1. The van der Waals surface area contributed by atoms with Crippen LogP contribution in [0.1, 0.15) is 39.2 Å². The summed E-state index contributed by atoms with van der Waals surface area (Å²) in [7, 11) is 0. The summed E-state index contributed by atoms with van der Waals surface area (Å²) >= 11 is 0. The molecule has 5 nitrogen and oxygen atoms in total. The summed E-state index contributed by atoms with van der Waals surface area (Å²) in [5.41, 5.74) is 1.15. The molecule has 1 atom stereocenters. The molecule has 24 heavy (non-hydrogen) atoms. The zero-order valence-electron chi connectivity index (χ0n) is 14.2. The summed E-state index contributed by atoms with van der Waals surface area (Å²) in [5.74, 6) is -1.28. The van der Waals surface area contributed by atoms with Gasteiger partial charge >= 0.3 is 5.97 Å². The van der Waals surface area contributed by atoms with Crippen molar-refractivity contribution in [1.29, 1.82) is 0 Å². The molecule has 0 aliphatic heterocycles. The second kappa shape index (κ2) is 6.99. The number of allylic oxidation sites excluding steroid dienone is 2. The second-order valence-electron chi connectivity index (χ2n) is 7.02. The van der Waals surface area contributed by atoms with E-state index in [2.05, 4.69) is 4.99 Å². The summed E-state index contributed by atoms with van der Waals surface area (Å²) in [6.07, 6.45) is 0.995. The van der Waals surface area contributed by atoms with Gasteiger partial charge in [0.05, 0.1) is 11.3 Å². The fourth-order valence-electron chi connectivity index (χ4n) is 2.89. The standard InChI is InChI=1S/C19H23NO4/c1-12(18(23)24)20-14-10-19(2,3)11-16(22)17(14)15(21)9-13-7-5-4-6-8-13/h4-8,12,21H,9-11H2,1-3H3,(H,23,24)/b17-15+,20-14?. The summed E-state index contributed by atoms with van der Waals surface area (Å²) in [6.45, 7) is 5.35. The highest BCUT2D eigenvalue weighted by Gasteiger charge is 2.36. The minimum Gasteiger partial charge on any atom is -0.511 e. The third kappa shape index (κ3) is 4.31. The number of nitrogens with zero attached hydrogens (tertiary/aromatic N) is 1. The number of aliphatic hydroxyl groups is 1. The zero-order valence-corrected chi connectivity index (χ0v) is 14.2. The van der Waals surface area contributed by atoms with E-state index in [-0.39, 0.29) is 29.0 Å². The van der Waals surface area contributed by atoms with E-state index < -0.39 is 12.0 Å². The molecule has 1 unspecified atom stereocenters. The molecule has 2 N–H and O–H groups in total. The summed E-state index contributed by atoms with van der Waals surface area (Å²) in [4.78, 5) is 27.9. The fourth-order valence-corrected chi connectivity index (χ4v) is 2.89. The highest BCUT2D eigenvalue weighted by atomic mass is 16.4. The van der Waals surface area contributed by atoms with Crippen LogP contribution in [-0.4, -0.2) is 33.7 Å². The lowest BCUT2D eigenvalue weighted by Crippen LogP contribution is -2.34. The maximum Gasteiger partial charge on any atom is 0.328 e. The molecule has 0 saturated heterocycles. The quantitative estimate of drug-likeness (QED) is 0.655. The normalized spacial score (nSPS) is 22.3. The van der Waals surface area contributed by atoms with Crippen LogP contribution in [0.3, 0.4) is 0 Å². The van der Waals surface area contributed by atoms with Crippen molar-refractivity contribution in [2.75, 3.05) is 0 Å². The number of aliphatic imine (C=N–C) groups is 1. The first-order chi connectivity index (χ1) is 11.2. The minimum absolute atomic E-state index is 0.0435. The van der Waals surface area contributed by atoms with Crippen LogP contribution < -0.4 is 0 Å². The molecule has 128 valence electrons. The fraction of sp³-hybridized carbons (Fsp3) is 0.421. The van der Waals surface area contributed by atoms with Crippen LogP contribution in [0.2, 0.25) is 0 Å². The molecule has 1 saturated carbocycles. The van der Waals surface area contributed by atoms with E-state index in [1.54, 1.807) is 0 Å². The van der Waals surface area contributed by atoms with Gasteiger partial charge in [0.2, 0.25) is 0 Å². The van der Waals surface area contributed by atoms with Crippen molar-refractivity contribution in [1.82, 2.24) is 0 Å². The van der Waals surface area contributed by atoms with Crippen molar-refractivity contribution in [3.05, 3.63) is 47.2 Å². The van der Waals surface area contributed by atoms with Crippen LogP contribution in [0.5, 0.6) is 0 Å². The lowest BCUT2D eigenvalue weighted by Gasteiger charge is -2.31. The Morgan fingerprint density at radius 2 is 1.83 bits per heavy atom. The average molecular weight is 329 g/mol. The van der Waals surface area contributed by atoms with Gasteiger partial charge in [-0.25, -0.2) is 4.79 Å². The van der Waals surface area contributed by atoms with E-state index in [0.717, 1.165) is 5.56 Å². The van der Waals surface area contributed by atoms with Gasteiger partial charge in [-0.2, -0.15) is 0 Å². The molecule has 0 aromatic heterocycles. The van der Waals surface area contributed by atoms with Gasteiger partial charge in [-0.3, -0.25) is 9.79 Å². The number of ketones is 1. The summed E-state index contributed by atoms with van der Waals surface area (Å²) < 4.78 is 0. The Labute approximate surface area is 141 Å². The van der Waals surface area contributed by atoms with Gasteiger partial charge in [0.25, 0.3) is 0 Å². The highest BCUT2D eigenvalue weighted by molar-refractivity contribution is 6.25. The first-order valence-electron chi connectivity index (χ1n) is 7.99. The molecule has 1 aliphatic rings. The van der Waals surface area contributed by atoms with E-state index in [1.807, 2.05) is 44.2 Å². The van der Waals surface area contributed by atoms with Crippen molar-refractivity contribution in [2.24, 2.45) is 10.4 Å². The average Bonchev–Trinajstić information content (AvgIpc) is 2.46. The molecule has 1 fully saturated rings. The Bertz CT molecular complexity index is 701. The smallest absolute Gasteiger partial charge is 0.328 e. The number of carbonyl (C=O) groups is 2. The highest BCUT2D eigenvalue weighted by Crippen LogP contribution is 2.35. The lowest BCUT2D eigenvalue weighted by atomic mass is 9.73. The number of carboxylic acids is 1. The molecule has 5 heteroatoms. The number of hydrogen-bond donors (Lipinski definition) is 2. The molecule has 1 aromatic carbocycles. The van der Waals surface area contributed by atoms with E-state index in [4.69, 9.17) is 5.11 Å². The number of aliphatic hydroxyl groups excluding tert-OH is 1. The van der Waals surface area contributed by atoms with Crippen LogP contribution in [0.25, 0.3) is 0 Å². The Hall–Kier alpha value is -2.43. The maximum atomic E-state index is 12.6. The number of carboxylic acid groups (broad SMARTS) is 1. The van der Waals surface area contributed by atoms with Crippen molar-refractivity contribution in [3.8, 4) is 0 Å². The van der Waals surface area contributed by atoms with Crippen molar-refractivity contribution in [3.63, 3.8) is 0 Å². The van der Waals surface area contributed by atoms with Crippen LogP contribution in [0.15, 0.2) is 46.7 Å². The predicted molar refractivity (Wildman–Crippen MR) is 92.4 cm³/mol. The van der Waals surface area contributed by atoms with E-state index in [0.29, 0.717) is 18.6 Å². The first kappa shape index (κ1) is 17.9. The zero-order chi connectivity index (χ0) is 17.9. The van der Waals surface area contributed by atoms with Crippen LogP contribution >= 0.6 is 0 Å². The Morgan fingerprint density at radius 3 is 2.42 bits per heavy atom. The van der Waals surface area contributed by atoms with Gasteiger partial charge in [0, 0.05) is 12.8 Å². The third-order valence-corrected chi connectivity index (χ3v) is 4.06. The number of rotatable bonds is 4. The first-order valence-corrected chi connectivity index (χ1v) is 7.99. The third-order valence-electron chi connectivity index (χ3n) is 4.06. The Balaban J connectivity index is 2.43. The van der Waals surface area contributed by atoms with E-state index in [9.17, 15) is 14.7 Å². The number of Topliss-reactive ketones (excluding diaryl/α,β-unsaturated/α-hetero) is 1. The molecule has 1 aliphatic carbocycles. The molecule has 0 spiro atoms. The molecule has 0 amide bonds. The molecular weight excluding hydrogens is 306 g/mol. The second-order valence-corrected chi connectivity index (χ2v) is 7.02. The maximum absolute atomic E-state index is 12.6. The molecule has 0 radical (unpaired) electrons. The molecule has 1 aromatic rings. The van der Waals surface area contributed by atoms with Gasteiger partial charge in [-0.15, -0.1) is 0 Å². The molecule has 2 rings (SSSR count). The van der Waals surface area contributed by atoms with Gasteiger partial charge in [-0.1, -0.05) is 44.2 Å². The minimum atomic E-state index is -1.06. The van der Waals surface area contributed by atoms with Gasteiger partial charge < -0.3 is 10.2 Å². The van der Waals surface area contributed by atoms with Crippen molar-refractivity contribution in [2.45, 2.75) is 46.1 Å². The van der Waals surface area contributed by atoms with E-state index >= 15 is 0 Å². The topological polar surface area (TPSA) is 87.0 Å². The Morgan fingerprint density at radius 1 is 1.21 bits per heavy atom. The molecular formula is C19H23NO4. The van der Waals surface area contributed by atoms with Gasteiger partial charge in [0.1, 0.15) is 11.8 Å². The van der Waals surface area contributed by atoms with Crippen molar-refractivity contribution < 1.29 is 19.8 Å². The number of carbonyl (C=O) groups excluding carboxylic acids is 1. The van der Waals surface area contributed by atoms with Gasteiger partial charge in [0.15, 0.2) is 5.78 Å². The van der Waals surface area contributed by atoms with Gasteiger partial charge in [-0.05, 0) is 24.3 Å². The van der Waals surface area contributed by atoms with Crippen LogP contribution in [0.4, 0.5) is 0 Å². The Kier molecular flexibility index (Phi) is 5.22. The molecule has 0 bridgehead atoms. The van der Waals surface area contributed by atoms with Crippen LogP contribution in [0, 0.1) is 5.41 Å². The largest absolute Gasteiger partial charge is 0.511 e. The lowest BCUT2D eigenvalue weighted by molar-refractivity contribution is -0.138. The van der Waals surface area contributed by atoms with E-state index in [1.165, 1.54) is 6.92 Å². The summed E-state index contributed by atoms with van der Waals surface area (Å²) in [6, 6.07) is 8.38. The number of hydrogen-bond acceptors (Lipinski definition) is 4. The van der Waals surface area contributed by atoms with Crippen molar-refractivity contribution >= 4 is 17.5 Å². The predicted octanol–water partition coefficient (Wildman–Crippen LogP) is 3.34. The van der Waals surface area contributed by atoms with Crippen LogP contribution in [-0.2, 0) is 16.0 Å². The number of aliphatic carboxylic acids is 1. The SMILES string of the molecule is CC(N=C1CC(C)(C)CC(=O)/C1=C(/O)Cc1ccccc1)C(=O)O. The monoisotopic (exact) mass is 329 g/mol. The molecule has 0 heterocycles. The summed E-state index contributed by atoms with van der Waals surface area (Å²) in [5, 5.41) is 19.6.